The van der Waals surface area contributed by atoms with E-state index in [-0.39, 0.29) is 0 Å². The second kappa shape index (κ2) is 6.35. The molecule has 0 saturated carbocycles. The van der Waals surface area contributed by atoms with Crippen molar-refractivity contribution in [3.8, 4) is 0 Å². The van der Waals surface area contributed by atoms with E-state index in [0.29, 0.717) is 10.8 Å². The van der Waals surface area contributed by atoms with Crippen LogP contribution in [-0.2, 0) is 0 Å². The zero-order chi connectivity index (χ0) is 11.9. The number of allylic oxidation sites excluding steroid dienone is 2. The van der Waals surface area contributed by atoms with E-state index in [1.807, 2.05) is 0 Å². The van der Waals surface area contributed by atoms with Crippen molar-refractivity contribution in [1.29, 1.82) is 0 Å². The van der Waals surface area contributed by atoms with Crippen LogP contribution >= 0.6 is 0 Å². The Labute approximate surface area is 97.2 Å². The molecule has 0 bridgehead atoms. The van der Waals surface area contributed by atoms with Crippen molar-refractivity contribution in [3.05, 3.63) is 12.2 Å². The zero-order valence-electron chi connectivity index (χ0n) is 11.7. The topological polar surface area (TPSA) is 0 Å². The van der Waals surface area contributed by atoms with E-state index in [0.717, 1.165) is 0 Å². The first-order chi connectivity index (χ1) is 6.71. The van der Waals surface area contributed by atoms with Gasteiger partial charge >= 0.3 is 0 Å². The molecule has 0 rings (SSSR count). The molecule has 0 amide bonds. The van der Waals surface area contributed by atoms with Crippen LogP contribution in [0.4, 0.5) is 0 Å². The van der Waals surface area contributed by atoms with Crippen molar-refractivity contribution in [2.45, 2.75) is 73.6 Å². The fraction of sp³-hybridized carbons (Fsp3) is 0.867. The van der Waals surface area contributed by atoms with Crippen LogP contribution in [0.15, 0.2) is 12.2 Å². The average Bonchev–Trinajstić information content (AvgIpc) is 1.98. The van der Waals surface area contributed by atoms with Gasteiger partial charge in [0.1, 0.15) is 0 Å². The molecule has 0 aliphatic carbocycles. The molecular weight excluding hydrogens is 180 g/mol. The highest BCUT2D eigenvalue weighted by atomic mass is 14.1. The molecule has 0 aromatic rings. The lowest BCUT2D eigenvalue weighted by molar-refractivity contribution is 0.358. The minimum atomic E-state index is 0.353. The van der Waals surface area contributed by atoms with Crippen LogP contribution in [0.25, 0.3) is 0 Å². The highest BCUT2D eigenvalue weighted by Crippen LogP contribution is 2.22. The fourth-order valence-corrected chi connectivity index (χ4v) is 1.53. The molecule has 0 aromatic heterocycles. The molecular formula is C15H30. The van der Waals surface area contributed by atoms with E-state index < -0.39 is 0 Å². The molecule has 0 fully saturated rings. The minimum Gasteiger partial charge on any atom is -0.0880 e. The van der Waals surface area contributed by atoms with Crippen molar-refractivity contribution in [3.63, 3.8) is 0 Å². The molecule has 0 aliphatic rings. The summed E-state index contributed by atoms with van der Waals surface area (Å²) >= 11 is 0. The van der Waals surface area contributed by atoms with Gasteiger partial charge in [0.2, 0.25) is 0 Å². The highest BCUT2D eigenvalue weighted by molar-refractivity contribution is 4.91. The quantitative estimate of drug-likeness (QED) is 0.410. The summed E-state index contributed by atoms with van der Waals surface area (Å²) in [6, 6.07) is 0. The van der Waals surface area contributed by atoms with Gasteiger partial charge in [-0.15, -0.1) is 0 Å². The van der Waals surface area contributed by atoms with E-state index >= 15 is 0 Å². The summed E-state index contributed by atoms with van der Waals surface area (Å²) in [6.45, 7) is 13.7. The predicted molar refractivity (Wildman–Crippen MR) is 71.1 cm³/mol. The number of unbranched alkanes of at least 4 members (excludes halogenated alkanes) is 3. The summed E-state index contributed by atoms with van der Waals surface area (Å²) in [5, 5.41) is 0. The normalized spacial score (nSPS) is 13.7. The lowest BCUT2D eigenvalue weighted by Gasteiger charge is -2.17. The molecule has 15 heavy (non-hydrogen) atoms. The first-order valence-electron chi connectivity index (χ1n) is 6.38. The smallest absolute Gasteiger partial charge is 0.0203 e. The van der Waals surface area contributed by atoms with Crippen LogP contribution < -0.4 is 0 Å². The molecule has 0 heterocycles. The van der Waals surface area contributed by atoms with Crippen LogP contribution in [0.2, 0.25) is 0 Å². The van der Waals surface area contributed by atoms with Gasteiger partial charge in [-0.25, -0.2) is 0 Å². The first kappa shape index (κ1) is 14.7. The Hall–Kier alpha value is -0.260. The first-order valence-corrected chi connectivity index (χ1v) is 6.38. The second-order valence-electron chi connectivity index (χ2n) is 6.93. The van der Waals surface area contributed by atoms with Crippen molar-refractivity contribution in [2.24, 2.45) is 10.8 Å². The van der Waals surface area contributed by atoms with Gasteiger partial charge in [-0.1, -0.05) is 66.5 Å². The number of rotatable bonds is 5. The average molecular weight is 210 g/mol. The Bertz CT molecular complexity index is 173. The lowest BCUT2D eigenvalue weighted by Crippen LogP contribution is -2.03. The van der Waals surface area contributed by atoms with Gasteiger partial charge in [0.05, 0.1) is 0 Å². The van der Waals surface area contributed by atoms with Crippen LogP contribution in [0.3, 0.4) is 0 Å². The zero-order valence-corrected chi connectivity index (χ0v) is 11.7. The van der Waals surface area contributed by atoms with E-state index in [4.69, 9.17) is 0 Å². The SMILES string of the molecule is CC(C)(C)/C=C\CCCCCC(C)(C)C. The van der Waals surface area contributed by atoms with E-state index in [1.165, 1.54) is 32.1 Å². The summed E-state index contributed by atoms with van der Waals surface area (Å²) in [6.07, 6.45) is 11.4. The van der Waals surface area contributed by atoms with Crippen molar-refractivity contribution in [1.82, 2.24) is 0 Å². The third-order valence-electron chi connectivity index (χ3n) is 2.42. The van der Waals surface area contributed by atoms with E-state index in [1.54, 1.807) is 0 Å². The predicted octanol–water partition coefficient (Wildman–Crippen LogP) is 5.59. The molecule has 0 saturated heterocycles. The van der Waals surface area contributed by atoms with Gasteiger partial charge in [-0.2, -0.15) is 0 Å². The van der Waals surface area contributed by atoms with Gasteiger partial charge in [0.15, 0.2) is 0 Å². The molecule has 0 aliphatic heterocycles. The molecule has 0 radical (unpaired) electrons. The second-order valence-corrected chi connectivity index (χ2v) is 6.93. The maximum absolute atomic E-state index is 2.34. The number of hydrogen-bond acceptors (Lipinski definition) is 0. The minimum absolute atomic E-state index is 0.353. The van der Waals surface area contributed by atoms with Crippen LogP contribution in [0.1, 0.15) is 73.6 Å². The van der Waals surface area contributed by atoms with Gasteiger partial charge in [-0.05, 0) is 30.1 Å². The third-order valence-corrected chi connectivity index (χ3v) is 2.42. The van der Waals surface area contributed by atoms with Gasteiger partial charge in [0.25, 0.3) is 0 Å². The molecule has 0 spiro atoms. The molecule has 0 heteroatoms. The Balaban J connectivity index is 3.37. The van der Waals surface area contributed by atoms with Crippen molar-refractivity contribution >= 4 is 0 Å². The van der Waals surface area contributed by atoms with Gasteiger partial charge in [0, 0.05) is 0 Å². The summed E-state index contributed by atoms with van der Waals surface area (Å²) in [5.41, 5.74) is 0.868. The summed E-state index contributed by atoms with van der Waals surface area (Å²) in [7, 11) is 0. The Morgan fingerprint density at radius 2 is 1.40 bits per heavy atom. The van der Waals surface area contributed by atoms with Gasteiger partial charge < -0.3 is 0 Å². The van der Waals surface area contributed by atoms with Crippen LogP contribution in [-0.4, -0.2) is 0 Å². The highest BCUT2D eigenvalue weighted by Gasteiger charge is 2.08. The Kier molecular flexibility index (Phi) is 6.24. The maximum atomic E-state index is 2.34. The fourth-order valence-electron chi connectivity index (χ4n) is 1.53. The van der Waals surface area contributed by atoms with Gasteiger partial charge in [-0.3, -0.25) is 0 Å². The van der Waals surface area contributed by atoms with Crippen LogP contribution in [0, 0.1) is 10.8 Å². The monoisotopic (exact) mass is 210 g/mol. The summed E-state index contributed by atoms with van der Waals surface area (Å²) in [4.78, 5) is 0. The summed E-state index contributed by atoms with van der Waals surface area (Å²) < 4.78 is 0. The van der Waals surface area contributed by atoms with E-state index in [9.17, 15) is 0 Å². The van der Waals surface area contributed by atoms with Crippen LogP contribution in [0.5, 0.6) is 0 Å². The molecule has 0 nitrogen and oxygen atoms in total. The third kappa shape index (κ3) is 13.7. The van der Waals surface area contributed by atoms with E-state index in [2.05, 4.69) is 53.7 Å². The molecule has 90 valence electrons. The number of hydrogen-bond donors (Lipinski definition) is 0. The standard InChI is InChI=1S/C15H30/c1-14(2,3)12-10-8-7-9-11-13-15(4,5)6/h10,12H,7-9,11,13H2,1-6H3/b12-10-. The van der Waals surface area contributed by atoms with Crippen molar-refractivity contribution < 1.29 is 0 Å². The Morgan fingerprint density at radius 3 is 1.87 bits per heavy atom. The van der Waals surface area contributed by atoms with Crippen molar-refractivity contribution in [2.75, 3.05) is 0 Å². The molecule has 0 N–H and O–H groups in total. The summed E-state index contributed by atoms with van der Waals surface area (Å²) in [5.74, 6) is 0. The molecule has 0 aromatic carbocycles. The Morgan fingerprint density at radius 1 is 0.800 bits per heavy atom. The molecule has 0 atom stereocenters. The lowest BCUT2D eigenvalue weighted by atomic mass is 9.89. The largest absolute Gasteiger partial charge is 0.0880 e. The molecule has 0 unspecified atom stereocenters. The maximum Gasteiger partial charge on any atom is -0.0203 e.